The Morgan fingerprint density at radius 2 is 2.41 bits per heavy atom. The third kappa shape index (κ3) is 2.67. The summed E-state index contributed by atoms with van der Waals surface area (Å²) in [6.45, 7) is 3.34. The fraction of sp³-hybridized carbons (Fsp3) is 0.429. The average molecular weight is 316 g/mol. The second kappa shape index (κ2) is 5.62. The number of hydrogen-bond acceptors (Lipinski definition) is 7. The Morgan fingerprint density at radius 1 is 1.45 bits per heavy atom. The van der Waals surface area contributed by atoms with Crippen molar-refractivity contribution >= 4 is 11.3 Å². The zero-order valence-electron chi connectivity index (χ0n) is 12.2. The van der Waals surface area contributed by atoms with E-state index < -0.39 is 0 Å². The van der Waals surface area contributed by atoms with Crippen LogP contribution in [0, 0.1) is 6.92 Å². The van der Waals surface area contributed by atoms with Gasteiger partial charge in [-0.3, -0.25) is 0 Å². The first-order chi connectivity index (χ1) is 10.8. The van der Waals surface area contributed by atoms with Crippen LogP contribution in [0.4, 0.5) is 0 Å². The van der Waals surface area contributed by atoms with Crippen molar-refractivity contribution in [3.8, 4) is 10.7 Å². The van der Waals surface area contributed by atoms with Gasteiger partial charge in [-0.2, -0.15) is 10.1 Å². The normalized spacial score (nSPS) is 17.6. The molecule has 0 aromatic carbocycles. The lowest BCUT2D eigenvalue weighted by Crippen LogP contribution is -2.37. The van der Waals surface area contributed by atoms with Crippen molar-refractivity contribution in [3.63, 3.8) is 0 Å². The maximum absolute atomic E-state index is 5.30. The zero-order valence-corrected chi connectivity index (χ0v) is 13.0. The predicted molar refractivity (Wildman–Crippen MR) is 81.3 cm³/mol. The molecule has 0 saturated carbocycles. The summed E-state index contributed by atoms with van der Waals surface area (Å²) in [7, 11) is 0. The highest BCUT2D eigenvalue weighted by Crippen LogP contribution is 2.21. The summed E-state index contributed by atoms with van der Waals surface area (Å²) in [4.78, 5) is 9.86. The Morgan fingerprint density at radius 3 is 3.27 bits per heavy atom. The molecule has 3 aromatic heterocycles. The fourth-order valence-electron chi connectivity index (χ4n) is 2.66. The Kier molecular flexibility index (Phi) is 3.47. The highest BCUT2D eigenvalue weighted by molar-refractivity contribution is 7.13. The van der Waals surface area contributed by atoms with Crippen molar-refractivity contribution in [2.75, 3.05) is 0 Å². The summed E-state index contributed by atoms with van der Waals surface area (Å²) in [5, 5.41) is 13.9. The molecule has 8 heteroatoms. The lowest BCUT2D eigenvalue weighted by Gasteiger charge is -2.22. The third-order valence-electron chi connectivity index (χ3n) is 3.72. The summed E-state index contributed by atoms with van der Waals surface area (Å²) in [6, 6.07) is 4.32. The number of aromatic nitrogens is 5. The molecule has 0 amide bonds. The maximum atomic E-state index is 5.30. The largest absolute Gasteiger partial charge is 0.338 e. The molecule has 1 aliphatic rings. The van der Waals surface area contributed by atoms with Gasteiger partial charge in [0.2, 0.25) is 11.7 Å². The van der Waals surface area contributed by atoms with E-state index in [-0.39, 0.29) is 0 Å². The van der Waals surface area contributed by atoms with Crippen LogP contribution in [-0.2, 0) is 19.5 Å². The summed E-state index contributed by atoms with van der Waals surface area (Å²) in [5.41, 5.74) is 0. The average Bonchev–Trinajstić information content (AvgIpc) is 3.23. The smallest absolute Gasteiger partial charge is 0.240 e. The lowest BCUT2D eigenvalue weighted by molar-refractivity contribution is 0.320. The number of nitrogens with one attached hydrogen (secondary N) is 1. The molecule has 4 heterocycles. The van der Waals surface area contributed by atoms with Crippen LogP contribution in [0.25, 0.3) is 10.7 Å². The van der Waals surface area contributed by atoms with Crippen LogP contribution < -0.4 is 5.32 Å². The number of aryl methyl sites for hydroxylation is 2. The van der Waals surface area contributed by atoms with Crippen LogP contribution in [-0.4, -0.2) is 30.9 Å². The molecule has 0 spiro atoms. The molecular weight excluding hydrogens is 300 g/mol. The molecule has 0 aliphatic carbocycles. The molecule has 22 heavy (non-hydrogen) atoms. The highest BCUT2D eigenvalue weighted by Gasteiger charge is 2.21. The molecule has 0 bridgehead atoms. The van der Waals surface area contributed by atoms with E-state index >= 15 is 0 Å². The van der Waals surface area contributed by atoms with Gasteiger partial charge in [0.25, 0.3) is 0 Å². The van der Waals surface area contributed by atoms with Gasteiger partial charge in [0.1, 0.15) is 11.6 Å². The standard InChI is InChI=1S/C14H16N6OS/c1-9-16-12-5-4-10(8-20(12)18-9)15-7-13-17-14(19-21-13)11-3-2-6-22-11/h2-3,6,10,15H,4-5,7-8H2,1H3/t10-/m1/s1. The minimum atomic E-state index is 0.352. The molecule has 4 rings (SSSR count). The highest BCUT2D eigenvalue weighted by atomic mass is 32.1. The number of thiophene rings is 1. The first-order valence-electron chi connectivity index (χ1n) is 7.28. The molecule has 7 nitrogen and oxygen atoms in total. The Balaban J connectivity index is 1.37. The molecule has 0 unspecified atom stereocenters. The fourth-order valence-corrected chi connectivity index (χ4v) is 3.31. The van der Waals surface area contributed by atoms with Crippen molar-refractivity contribution in [3.05, 3.63) is 35.1 Å². The molecule has 1 aliphatic heterocycles. The first-order valence-corrected chi connectivity index (χ1v) is 8.16. The van der Waals surface area contributed by atoms with E-state index in [9.17, 15) is 0 Å². The van der Waals surface area contributed by atoms with Crippen molar-refractivity contribution in [1.82, 2.24) is 30.2 Å². The lowest BCUT2D eigenvalue weighted by atomic mass is 10.1. The Labute approximate surface area is 131 Å². The van der Waals surface area contributed by atoms with Gasteiger partial charge in [-0.1, -0.05) is 11.2 Å². The molecular formula is C14H16N6OS. The summed E-state index contributed by atoms with van der Waals surface area (Å²) >= 11 is 1.61. The van der Waals surface area contributed by atoms with Gasteiger partial charge in [0.15, 0.2) is 0 Å². The second-order valence-corrected chi connectivity index (χ2v) is 6.31. The van der Waals surface area contributed by atoms with Crippen LogP contribution >= 0.6 is 11.3 Å². The number of fused-ring (bicyclic) bond motifs is 1. The predicted octanol–water partition coefficient (Wildman–Crippen LogP) is 1.80. The van der Waals surface area contributed by atoms with E-state index in [2.05, 4.69) is 25.5 Å². The van der Waals surface area contributed by atoms with Crippen LogP contribution in [0.5, 0.6) is 0 Å². The topological polar surface area (TPSA) is 81.7 Å². The van der Waals surface area contributed by atoms with Crippen LogP contribution in [0.15, 0.2) is 22.0 Å². The van der Waals surface area contributed by atoms with Gasteiger partial charge in [-0.05, 0) is 24.8 Å². The molecule has 3 aromatic rings. The van der Waals surface area contributed by atoms with E-state index in [0.717, 1.165) is 35.9 Å². The number of nitrogens with zero attached hydrogens (tertiary/aromatic N) is 5. The minimum Gasteiger partial charge on any atom is -0.338 e. The second-order valence-electron chi connectivity index (χ2n) is 5.36. The minimum absolute atomic E-state index is 0.352. The number of rotatable bonds is 4. The maximum Gasteiger partial charge on any atom is 0.240 e. The summed E-state index contributed by atoms with van der Waals surface area (Å²) in [5.74, 6) is 3.19. The molecule has 0 saturated heterocycles. The Bertz CT molecular complexity index is 762. The SMILES string of the molecule is Cc1nc2n(n1)C[C@H](NCc1nc(-c3cccs3)no1)CC2. The van der Waals surface area contributed by atoms with Gasteiger partial charge in [-0.15, -0.1) is 11.3 Å². The summed E-state index contributed by atoms with van der Waals surface area (Å²) in [6.07, 6.45) is 1.99. The van der Waals surface area contributed by atoms with E-state index in [4.69, 9.17) is 4.52 Å². The Hall–Kier alpha value is -2.06. The molecule has 0 radical (unpaired) electrons. The van der Waals surface area contributed by atoms with Crippen LogP contribution in [0.1, 0.15) is 24.0 Å². The van der Waals surface area contributed by atoms with Crippen molar-refractivity contribution < 1.29 is 4.52 Å². The van der Waals surface area contributed by atoms with Gasteiger partial charge in [0.05, 0.1) is 18.0 Å². The van der Waals surface area contributed by atoms with Gasteiger partial charge < -0.3 is 9.84 Å². The van der Waals surface area contributed by atoms with E-state index in [0.29, 0.717) is 24.3 Å². The first kappa shape index (κ1) is 13.6. The van der Waals surface area contributed by atoms with E-state index in [1.54, 1.807) is 11.3 Å². The molecule has 114 valence electrons. The zero-order chi connectivity index (χ0) is 14.9. The number of hydrogen-bond donors (Lipinski definition) is 1. The van der Waals surface area contributed by atoms with Gasteiger partial charge in [0, 0.05) is 12.5 Å². The van der Waals surface area contributed by atoms with E-state index in [1.165, 1.54) is 0 Å². The molecule has 1 atom stereocenters. The third-order valence-corrected chi connectivity index (χ3v) is 4.58. The van der Waals surface area contributed by atoms with Crippen molar-refractivity contribution in [1.29, 1.82) is 0 Å². The van der Waals surface area contributed by atoms with Gasteiger partial charge in [-0.25, -0.2) is 9.67 Å². The van der Waals surface area contributed by atoms with Crippen LogP contribution in [0.2, 0.25) is 0 Å². The molecule has 1 N–H and O–H groups in total. The molecule has 0 fully saturated rings. The van der Waals surface area contributed by atoms with E-state index in [1.807, 2.05) is 29.1 Å². The monoisotopic (exact) mass is 316 g/mol. The summed E-state index contributed by atoms with van der Waals surface area (Å²) < 4.78 is 7.29. The van der Waals surface area contributed by atoms with Crippen molar-refractivity contribution in [2.45, 2.75) is 38.9 Å². The van der Waals surface area contributed by atoms with Crippen molar-refractivity contribution in [2.24, 2.45) is 0 Å². The quantitative estimate of drug-likeness (QED) is 0.790. The van der Waals surface area contributed by atoms with Gasteiger partial charge >= 0.3 is 0 Å². The van der Waals surface area contributed by atoms with Crippen LogP contribution in [0.3, 0.4) is 0 Å².